The summed E-state index contributed by atoms with van der Waals surface area (Å²) in [6.45, 7) is 1.96. The summed E-state index contributed by atoms with van der Waals surface area (Å²) in [7, 11) is 0. The molecule has 3 heterocycles. The first-order valence-corrected chi connectivity index (χ1v) is 9.07. The van der Waals surface area contributed by atoms with Crippen molar-refractivity contribution in [3.63, 3.8) is 0 Å². The molecular weight excluding hydrogens is 349 g/mol. The Hall–Kier alpha value is -2.99. The summed E-state index contributed by atoms with van der Waals surface area (Å²) in [5, 5.41) is 5.00. The number of imidazole rings is 1. The molecular formula is C20H16FN3OS. The number of halogens is 1. The maximum atomic E-state index is 13.1. The number of fused-ring (bicyclic) bond motifs is 1. The van der Waals surface area contributed by atoms with Crippen LogP contribution in [0.3, 0.4) is 0 Å². The van der Waals surface area contributed by atoms with Crippen molar-refractivity contribution in [1.29, 1.82) is 0 Å². The maximum Gasteiger partial charge on any atom is 0.253 e. The first kappa shape index (κ1) is 16.5. The van der Waals surface area contributed by atoms with Crippen molar-refractivity contribution in [1.82, 2.24) is 14.7 Å². The molecule has 0 saturated carbocycles. The number of nitrogens with zero attached hydrogens (tertiary/aromatic N) is 2. The number of aromatic nitrogens is 2. The van der Waals surface area contributed by atoms with Gasteiger partial charge in [-0.1, -0.05) is 6.07 Å². The van der Waals surface area contributed by atoms with Crippen molar-refractivity contribution in [2.75, 3.05) is 0 Å². The van der Waals surface area contributed by atoms with Gasteiger partial charge in [0.1, 0.15) is 11.5 Å². The van der Waals surface area contributed by atoms with Crippen LogP contribution in [0, 0.1) is 5.82 Å². The van der Waals surface area contributed by atoms with Gasteiger partial charge in [-0.15, -0.1) is 11.3 Å². The smallest absolute Gasteiger partial charge is 0.253 e. The third-order valence-electron chi connectivity index (χ3n) is 4.17. The fourth-order valence-corrected chi connectivity index (χ4v) is 3.51. The van der Waals surface area contributed by atoms with E-state index in [1.165, 1.54) is 12.1 Å². The van der Waals surface area contributed by atoms with Crippen molar-refractivity contribution >= 4 is 22.9 Å². The Balaban J connectivity index is 1.59. The van der Waals surface area contributed by atoms with Crippen LogP contribution in [0.25, 0.3) is 16.9 Å². The Morgan fingerprint density at radius 2 is 1.96 bits per heavy atom. The molecule has 4 aromatic rings. The summed E-state index contributed by atoms with van der Waals surface area (Å²) in [6, 6.07) is 13.7. The zero-order valence-corrected chi connectivity index (χ0v) is 14.8. The zero-order valence-electron chi connectivity index (χ0n) is 14.0. The first-order valence-electron chi connectivity index (χ1n) is 8.19. The molecule has 0 bridgehead atoms. The predicted molar refractivity (Wildman–Crippen MR) is 101 cm³/mol. The predicted octanol–water partition coefficient (Wildman–Crippen LogP) is 4.69. The molecule has 0 fully saturated rings. The van der Waals surface area contributed by atoms with E-state index in [1.807, 2.05) is 35.0 Å². The van der Waals surface area contributed by atoms with E-state index in [9.17, 15) is 9.18 Å². The maximum absolute atomic E-state index is 13.1. The summed E-state index contributed by atoms with van der Waals surface area (Å²) in [5.41, 5.74) is 2.85. The lowest BCUT2D eigenvalue weighted by Crippen LogP contribution is -2.26. The van der Waals surface area contributed by atoms with Crippen molar-refractivity contribution in [2.45, 2.75) is 13.0 Å². The Labute approximate surface area is 153 Å². The van der Waals surface area contributed by atoms with E-state index in [4.69, 9.17) is 0 Å². The number of hydrogen-bond donors (Lipinski definition) is 1. The number of rotatable bonds is 4. The molecule has 26 heavy (non-hydrogen) atoms. The van der Waals surface area contributed by atoms with Gasteiger partial charge in [0.25, 0.3) is 5.91 Å². The summed E-state index contributed by atoms with van der Waals surface area (Å²) < 4.78 is 14.9. The number of pyridine rings is 1. The standard InChI is InChI=1S/C20H16FN3OS/c1-13(18-3-2-10-26-18)22-20(25)15-6-9-19-23-17(12-24(19)11-15)14-4-7-16(21)8-5-14/h2-13H,1H3,(H,22,25)/t13-/m1/s1. The molecule has 0 aliphatic carbocycles. The highest BCUT2D eigenvalue weighted by molar-refractivity contribution is 7.10. The van der Waals surface area contributed by atoms with Gasteiger partial charge in [0.05, 0.1) is 17.3 Å². The number of thiophene rings is 1. The minimum atomic E-state index is -0.281. The Morgan fingerprint density at radius 1 is 1.15 bits per heavy atom. The lowest BCUT2D eigenvalue weighted by molar-refractivity contribution is 0.0940. The molecule has 3 aromatic heterocycles. The Morgan fingerprint density at radius 3 is 2.69 bits per heavy atom. The largest absolute Gasteiger partial charge is 0.345 e. The van der Waals surface area contributed by atoms with Gasteiger partial charge in [-0.25, -0.2) is 9.37 Å². The van der Waals surface area contributed by atoms with Gasteiger partial charge in [0.15, 0.2) is 0 Å². The summed E-state index contributed by atoms with van der Waals surface area (Å²) in [6.07, 6.45) is 3.59. The van der Waals surface area contributed by atoms with Crippen molar-refractivity contribution < 1.29 is 9.18 Å². The lowest BCUT2D eigenvalue weighted by Gasteiger charge is -2.12. The number of carbonyl (C=O) groups excluding carboxylic acids is 1. The van der Waals surface area contributed by atoms with Crippen molar-refractivity contribution in [2.24, 2.45) is 0 Å². The molecule has 6 heteroatoms. The highest BCUT2D eigenvalue weighted by Gasteiger charge is 2.13. The van der Waals surface area contributed by atoms with E-state index in [1.54, 1.807) is 41.8 Å². The molecule has 0 unspecified atom stereocenters. The molecule has 0 aliphatic rings. The second-order valence-electron chi connectivity index (χ2n) is 6.03. The quantitative estimate of drug-likeness (QED) is 0.570. The highest BCUT2D eigenvalue weighted by atomic mass is 32.1. The number of amides is 1. The van der Waals surface area contributed by atoms with E-state index < -0.39 is 0 Å². The molecule has 1 atom stereocenters. The topological polar surface area (TPSA) is 46.4 Å². The number of hydrogen-bond acceptors (Lipinski definition) is 3. The molecule has 0 aliphatic heterocycles. The van der Waals surface area contributed by atoms with Gasteiger partial charge in [0, 0.05) is 22.8 Å². The molecule has 1 aromatic carbocycles. The average Bonchev–Trinajstić information content (AvgIpc) is 3.31. The van der Waals surface area contributed by atoms with Crippen LogP contribution < -0.4 is 5.32 Å². The van der Waals surface area contributed by atoms with Crippen LogP contribution in [-0.4, -0.2) is 15.3 Å². The Bertz CT molecular complexity index is 1050. The molecule has 0 radical (unpaired) electrons. The number of benzene rings is 1. The Kier molecular flexibility index (Phi) is 4.26. The van der Waals surface area contributed by atoms with Gasteiger partial charge < -0.3 is 9.72 Å². The number of carbonyl (C=O) groups is 1. The van der Waals surface area contributed by atoms with Crippen LogP contribution in [0.2, 0.25) is 0 Å². The summed E-state index contributed by atoms with van der Waals surface area (Å²) in [4.78, 5) is 18.2. The van der Waals surface area contributed by atoms with E-state index >= 15 is 0 Å². The minimum Gasteiger partial charge on any atom is -0.345 e. The van der Waals surface area contributed by atoms with Crippen LogP contribution in [0.4, 0.5) is 4.39 Å². The molecule has 4 rings (SSSR count). The fourth-order valence-electron chi connectivity index (χ4n) is 2.77. The third kappa shape index (κ3) is 3.23. The van der Waals surface area contributed by atoms with Gasteiger partial charge in [0.2, 0.25) is 0 Å². The van der Waals surface area contributed by atoms with Gasteiger partial charge in [-0.2, -0.15) is 0 Å². The molecule has 1 N–H and O–H groups in total. The second kappa shape index (κ2) is 6.72. The van der Waals surface area contributed by atoms with Crippen LogP contribution in [-0.2, 0) is 0 Å². The van der Waals surface area contributed by atoms with Crippen LogP contribution in [0.1, 0.15) is 28.2 Å². The lowest BCUT2D eigenvalue weighted by atomic mass is 10.2. The van der Waals surface area contributed by atoms with E-state index in [0.29, 0.717) is 5.56 Å². The van der Waals surface area contributed by atoms with E-state index in [2.05, 4.69) is 10.3 Å². The molecule has 4 nitrogen and oxygen atoms in total. The average molecular weight is 365 g/mol. The normalized spacial score (nSPS) is 12.2. The summed E-state index contributed by atoms with van der Waals surface area (Å²) >= 11 is 1.62. The molecule has 130 valence electrons. The summed E-state index contributed by atoms with van der Waals surface area (Å²) in [5.74, 6) is -0.416. The second-order valence-corrected chi connectivity index (χ2v) is 7.01. The third-order valence-corrected chi connectivity index (χ3v) is 5.23. The number of nitrogens with one attached hydrogen (secondary N) is 1. The first-order chi connectivity index (χ1) is 12.6. The van der Waals surface area contributed by atoms with E-state index in [0.717, 1.165) is 21.8 Å². The van der Waals surface area contributed by atoms with E-state index in [-0.39, 0.29) is 17.8 Å². The van der Waals surface area contributed by atoms with Crippen molar-refractivity contribution in [3.8, 4) is 11.3 Å². The van der Waals surface area contributed by atoms with Crippen LogP contribution >= 0.6 is 11.3 Å². The highest BCUT2D eigenvalue weighted by Crippen LogP contribution is 2.21. The van der Waals surface area contributed by atoms with Crippen LogP contribution in [0.5, 0.6) is 0 Å². The van der Waals surface area contributed by atoms with Gasteiger partial charge in [-0.05, 0) is 54.8 Å². The van der Waals surface area contributed by atoms with Crippen LogP contribution in [0.15, 0.2) is 66.3 Å². The molecule has 1 amide bonds. The fraction of sp³-hybridized carbons (Fsp3) is 0.100. The molecule has 0 spiro atoms. The SMILES string of the molecule is C[C@@H](NC(=O)c1ccc2nc(-c3ccc(F)cc3)cn2c1)c1cccs1. The monoisotopic (exact) mass is 365 g/mol. The minimum absolute atomic E-state index is 0.0456. The zero-order chi connectivity index (χ0) is 18.1. The van der Waals surface area contributed by atoms with Gasteiger partial charge >= 0.3 is 0 Å². The van der Waals surface area contributed by atoms with Crippen molar-refractivity contribution in [3.05, 3.63) is 82.6 Å². The van der Waals surface area contributed by atoms with Gasteiger partial charge in [-0.3, -0.25) is 4.79 Å². The molecule has 0 saturated heterocycles.